The maximum atomic E-state index is 12.0. The van der Waals surface area contributed by atoms with E-state index < -0.39 is 11.9 Å². The second-order valence-electron chi connectivity index (χ2n) is 6.45. The van der Waals surface area contributed by atoms with Crippen molar-refractivity contribution in [3.8, 4) is 10.6 Å². The van der Waals surface area contributed by atoms with Crippen molar-refractivity contribution < 1.29 is 18.0 Å². The van der Waals surface area contributed by atoms with Crippen molar-refractivity contribution in [2.24, 2.45) is 17.4 Å². The van der Waals surface area contributed by atoms with Gasteiger partial charge in [0.2, 0.25) is 0 Å². The van der Waals surface area contributed by atoms with E-state index >= 15 is 0 Å². The van der Waals surface area contributed by atoms with Crippen molar-refractivity contribution in [1.29, 1.82) is 0 Å². The number of aryl methyl sites for hydroxylation is 2. The molecular weight excluding hydrogens is 437 g/mol. The van der Waals surface area contributed by atoms with Gasteiger partial charge in [-0.3, -0.25) is 0 Å². The van der Waals surface area contributed by atoms with Crippen molar-refractivity contribution >= 4 is 34.1 Å². The number of hydrogen-bond donors (Lipinski definition) is 3. The van der Waals surface area contributed by atoms with Crippen LogP contribution in [-0.2, 0) is 4.79 Å². The summed E-state index contributed by atoms with van der Waals surface area (Å²) in [4.78, 5) is 21.9. The fourth-order valence-electron chi connectivity index (χ4n) is 2.45. The number of hydrogen-bond acceptors (Lipinski definition) is 9. The number of anilines is 1. The Hall–Kier alpha value is -2.60. The van der Waals surface area contributed by atoms with Crippen LogP contribution in [-0.4, -0.2) is 47.5 Å². The molecule has 3 rings (SSSR count). The van der Waals surface area contributed by atoms with Crippen LogP contribution >= 0.6 is 22.7 Å². The van der Waals surface area contributed by atoms with Crippen molar-refractivity contribution in [3.05, 3.63) is 39.8 Å². The third-order valence-electron chi connectivity index (χ3n) is 4.08. The number of carbonyl (C=O) groups is 1. The predicted octanol–water partition coefficient (Wildman–Crippen LogP) is 3.25. The van der Waals surface area contributed by atoms with Gasteiger partial charge in [0, 0.05) is 31.4 Å². The molecule has 0 bridgehead atoms. The van der Waals surface area contributed by atoms with E-state index in [2.05, 4.69) is 20.7 Å². The van der Waals surface area contributed by atoms with Gasteiger partial charge in [-0.15, -0.1) is 22.7 Å². The SMILES string of the molecule is CNc1nc(-c2sc(C)nc2C)cs1.N/C(=C\C=C(/N)N1CC(C=O)C1)C(F)(F)F. The number of nitrogens with one attached hydrogen (secondary N) is 1. The van der Waals surface area contributed by atoms with Gasteiger partial charge in [0.15, 0.2) is 5.13 Å². The zero-order chi connectivity index (χ0) is 22.5. The standard InChI is InChI=1S/C9H12F3N3O.C9H11N3S2/c10-9(11,12)7(13)1-2-8(14)15-3-6(4-15)5-16;1-5-8(14-6(2)11-5)7-4-13-9(10-3)12-7/h1-2,5-6H,3-4,13-14H2;4H,1-3H3,(H,10,12)/b7-1-,8-2+;. The molecule has 0 unspecified atom stereocenters. The molecule has 0 aliphatic carbocycles. The average Bonchev–Trinajstić information content (AvgIpc) is 3.24. The number of rotatable bonds is 5. The summed E-state index contributed by atoms with van der Waals surface area (Å²) in [5.74, 6) is 0.0844. The lowest BCUT2D eigenvalue weighted by Crippen LogP contribution is -2.48. The number of aldehydes is 1. The Labute approximate surface area is 180 Å². The fraction of sp³-hybridized carbons (Fsp3) is 0.389. The molecule has 0 radical (unpaired) electrons. The zero-order valence-electron chi connectivity index (χ0n) is 16.7. The van der Waals surface area contributed by atoms with Crippen molar-refractivity contribution in [1.82, 2.24) is 14.9 Å². The lowest BCUT2D eigenvalue weighted by Gasteiger charge is -2.37. The molecule has 2 aromatic heterocycles. The number of nitrogens with two attached hydrogens (primary N) is 2. The van der Waals surface area contributed by atoms with Crippen LogP contribution in [0.3, 0.4) is 0 Å². The van der Waals surface area contributed by atoms with Crippen LogP contribution in [0.2, 0.25) is 0 Å². The van der Waals surface area contributed by atoms with Crippen LogP contribution in [0.5, 0.6) is 0 Å². The fourth-order valence-corrected chi connectivity index (χ4v) is 4.06. The molecular formula is C18H23F3N6OS2. The van der Waals surface area contributed by atoms with E-state index in [1.54, 1.807) is 27.6 Å². The second kappa shape index (κ2) is 9.94. The quantitative estimate of drug-likeness (QED) is 0.464. The number of thiazole rings is 2. The Balaban J connectivity index is 0.000000215. The van der Waals surface area contributed by atoms with Crippen molar-refractivity contribution in [3.63, 3.8) is 0 Å². The molecule has 1 fully saturated rings. The molecule has 0 saturated carbocycles. The molecule has 164 valence electrons. The highest BCUT2D eigenvalue weighted by Crippen LogP contribution is 2.31. The van der Waals surface area contributed by atoms with Crippen molar-refractivity contribution in [2.45, 2.75) is 20.0 Å². The molecule has 0 atom stereocenters. The highest BCUT2D eigenvalue weighted by Gasteiger charge is 2.31. The van der Waals surface area contributed by atoms with Crippen LogP contribution in [0.15, 0.2) is 29.1 Å². The van der Waals surface area contributed by atoms with Crippen LogP contribution in [0.1, 0.15) is 10.7 Å². The smallest absolute Gasteiger partial charge is 0.395 e. The van der Waals surface area contributed by atoms with E-state index in [-0.39, 0.29) is 11.7 Å². The van der Waals surface area contributed by atoms with Gasteiger partial charge in [-0.25, -0.2) is 9.97 Å². The first-order valence-corrected chi connectivity index (χ1v) is 10.5. The summed E-state index contributed by atoms with van der Waals surface area (Å²) in [7, 11) is 1.88. The normalized spacial score (nSPS) is 15.3. The Morgan fingerprint density at radius 3 is 2.40 bits per heavy atom. The lowest BCUT2D eigenvalue weighted by molar-refractivity contribution is -0.114. The number of carbonyl (C=O) groups excluding carboxylic acids is 1. The molecule has 5 N–H and O–H groups in total. The summed E-state index contributed by atoms with van der Waals surface area (Å²) in [6, 6.07) is 0. The zero-order valence-corrected chi connectivity index (χ0v) is 18.3. The summed E-state index contributed by atoms with van der Waals surface area (Å²) in [6.07, 6.45) is -1.95. The summed E-state index contributed by atoms with van der Waals surface area (Å²) < 4.78 is 36.0. The van der Waals surface area contributed by atoms with E-state index in [4.69, 9.17) is 11.5 Å². The van der Waals surface area contributed by atoms with Crippen LogP contribution in [0, 0.1) is 19.8 Å². The molecule has 0 amide bonds. The minimum atomic E-state index is -4.54. The lowest BCUT2D eigenvalue weighted by atomic mass is 10.0. The molecule has 1 aliphatic heterocycles. The van der Waals surface area contributed by atoms with Gasteiger partial charge in [0.1, 0.15) is 12.0 Å². The van der Waals surface area contributed by atoms with E-state index in [0.717, 1.165) is 33.9 Å². The Morgan fingerprint density at radius 2 is 1.93 bits per heavy atom. The third kappa shape index (κ3) is 6.20. The molecule has 30 heavy (non-hydrogen) atoms. The largest absolute Gasteiger partial charge is 0.430 e. The molecule has 1 aliphatic rings. The predicted molar refractivity (Wildman–Crippen MR) is 114 cm³/mol. The number of allylic oxidation sites excluding steroid dienone is 3. The maximum absolute atomic E-state index is 12.0. The third-order valence-corrected chi connectivity index (χ3v) is 6.04. The molecule has 12 heteroatoms. The Bertz CT molecular complexity index is 929. The molecule has 1 saturated heterocycles. The van der Waals surface area contributed by atoms with Crippen molar-refractivity contribution in [2.75, 3.05) is 25.5 Å². The molecule has 3 heterocycles. The molecule has 2 aromatic rings. The summed E-state index contributed by atoms with van der Waals surface area (Å²) in [5, 5.41) is 7.14. The van der Waals surface area contributed by atoms with Gasteiger partial charge in [-0.2, -0.15) is 13.2 Å². The molecule has 7 nitrogen and oxygen atoms in total. The molecule has 0 aromatic carbocycles. The van der Waals surface area contributed by atoms with Gasteiger partial charge in [0.05, 0.1) is 27.1 Å². The average molecular weight is 461 g/mol. The topological polar surface area (TPSA) is 110 Å². The van der Waals surface area contributed by atoms with E-state index in [9.17, 15) is 18.0 Å². The number of aromatic nitrogens is 2. The number of alkyl halides is 3. The van der Waals surface area contributed by atoms with Crippen LogP contribution < -0.4 is 16.8 Å². The van der Waals surface area contributed by atoms with Gasteiger partial charge in [0.25, 0.3) is 0 Å². The Kier molecular flexibility index (Phi) is 7.84. The highest BCUT2D eigenvalue weighted by atomic mass is 32.1. The van der Waals surface area contributed by atoms with Gasteiger partial charge < -0.3 is 26.5 Å². The van der Waals surface area contributed by atoms with Gasteiger partial charge in [-0.05, 0) is 26.0 Å². The highest BCUT2D eigenvalue weighted by molar-refractivity contribution is 7.16. The van der Waals surface area contributed by atoms with E-state index in [1.807, 2.05) is 20.9 Å². The minimum absolute atomic E-state index is 0.0871. The van der Waals surface area contributed by atoms with Crippen LogP contribution in [0.4, 0.5) is 18.3 Å². The van der Waals surface area contributed by atoms with E-state index in [0.29, 0.717) is 19.2 Å². The Morgan fingerprint density at radius 1 is 1.27 bits per heavy atom. The maximum Gasteiger partial charge on any atom is 0.430 e. The number of nitrogens with zero attached hydrogens (tertiary/aromatic N) is 3. The summed E-state index contributed by atoms with van der Waals surface area (Å²) in [5.41, 5.74) is 11.2. The first kappa shape index (κ1) is 23.7. The second-order valence-corrected chi connectivity index (χ2v) is 8.51. The summed E-state index contributed by atoms with van der Waals surface area (Å²) in [6.45, 7) is 4.92. The van der Waals surface area contributed by atoms with E-state index in [1.165, 1.54) is 4.88 Å². The van der Waals surface area contributed by atoms with Gasteiger partial charge in [-0.1, -0.05) is 0 Å². The first-order chi connectivity index (χ1) is 14.0. The van der Waals surface area contributed by atoms with Gasteiger partial charge >= 0.3 is 6.18 Å². The van der Waals surface area contributed by atoms with Crippen LogP contribution in [0.25, 0.3) is 10.6 Å². The number of likely N-dealkylation sites (tertiary alicyclic amines) is 1. The molecule has 0 spiro atoms. The monoisotopic (exact) mass is 460 g/mol. The number of halogens is 3. The summed E-state index contributed by atoms with van der Waals surface area (Å²) >= 11 is 3.32. The minimum Gasteiger partial charge on any atom is -0.395 e. The first-order valence-electron chi connectivity index (χ1n) is 8.83.